The van der Waals surface area contributed by atoms with E-state index < -0.39 is 23.7 Å². The first kappa shape index (κ1) is 25.6. The maximum Gasteiger partial charge on any atom is 0.253 e. The Balaban J connectivity index is 1.40. The molecule has 4 heterocycles. The van der Waals surface area contributed by atoms with Crippen LogP contribution < -0.4 is 10.6 Å². The van der Waals surface area contributed by atoms with Crippen molar-refractivity contribution in [3.05, 3.63) is 103 Å². The van der Waals surface area contributed by atoms with Crippen LogP contribution in [0, 0.1) is 11.3 Å². The van der Waals surface area contributed by atoms with Crippen LogP contribution in [0.1, 0.15) is 34.6 Å². The summed E-state index contributed by atoms with van der Waals surface area (Å²) >= 11 is 0. The number of pyridine rings is 1. The number of nitrogens with zero attached hydrogens (tertiary/aromatic N) is 5. The summed E-state index contributed by atoms with van der Waals surface area (Å²) in [5.74, 6) is -0.558. The van der Waals surface area contributed by atoms with E-state index in [1.165, 1.54) is 30.0 Å². The molecule has 10 nitrogen and oxygen atoms in total. The number of H-pyrrole nitrogens is 1. The summed E-state index contributed by atoms with van der Waals surface area (Å²) in [6.07, 6.45) is 5.61. The smallest absolute Gasteiger partial charge is 0.253 e. The van der Waals surface area contributed by atoms with Gasteiger partial charge >= 0.3 is 0 Å². The van der Waals surface area contributed by atoms with Crippen molar-refractivity contribution in [1.82, 2.24) is 29.9 Å². The van der Waals surface area contributed by atoms with Crippen LogP contribution in [0.4, 0.5) is 10.1 Å². The SMILES string of the molecule is C[C@@](O)(CNc1ccc(-c2cnc[nH]2)cc1)[C@H](F)[C@H](NC(=O)c1cccnc1)c1ccc2cc(C#N)cnn12. The number of alkyl halides is 1. The number of hydrogen-bond acceptors (Lipinski definition) is 7. The molecule has 39 heavy (non-hydrogen) atoms. The van der Waals surface area contributed by atoms with Crippen LogP contribution in [0.3, 0.4) is 0 Å². The van der Waals surface area contributed by atoms with Crippen LogP contribution in [0.2, 0.25) is 0 Å². The van der Waals surface area contributed by atoms with E-state index in [0.717, 1.165) is 11.3 Å². The summed E-state index contributed by atoms with van der Waals surface area (Å²) in [6, 6.07) is 16.2. The third-order valence-electron chi connectivity index (χ3n) is 6.42. The first-order chi connectivity index (χ1) is 18.9. The van der Waals surface area contributed by atoms with Gasteiger partial charge in [0.05, 0.1) is 46.8 Å². The number of carbonyl (C=O) groups is 1. The Kier molecular flexibility index (Phi) is 7.03. The van der Waals surface area contributed by atoms with E-state index in [0.29, 0.717) is 22.5 Å². The van der Waals surface area contributed by atoms with E-state index in [2.05, 4.69) is 30.7 Å². The normalized spacial score (nSPS) is 14.2. The Morgan fingerprint density at radius 2 is 2.00 bits per heavy atom. The number of aromatic nitrogens is 5. The molecule has 5 rings (SSSR count). The summed E-state index contributed by atoms with van der Waals surface area (Å²) in [4.78, 5) is 24.0. The van der Waals surface area contributed by atoms with Crippen LogP contribution >= 0.6 is 0 Å². The molecule has 0 fully saturated rings. The van der Waals surface area contributed by atoms with Crippen LogP contribution in [0.5, 0.6) is 0 Å². The zero-order chi connectivity index (χ0) is 27.4. The van der Waals surface area contributed by atoms with Crippen molar-refractivity contribution in [2.45, 2.75) is 24.7 Å². The number of anilines is 1. The molecule has 1 amide bonds. The van der Waals surface area contributed by atoms with Crippen LogP contribution in [0.25, 0.3) is 16.8 Å². The molecular weight excluding hydrogens is 499 g/mol. The van der Waals surface area contributed by atoms with Crippen LogP contribution in [-0.2, 0) is 0 Å². The van der Waals surface area contributed by atoms with Gasteiger partial charge in [0.25, 0.3) is 5.91 Å². The molecule has 4 N–H and O–H groups in total. The third kappa shape index (κ3) is 5.46. The molecule has 3 atom stereocenters. The highest BCUT2D eigenvalue weighted by atomic mass is 19.1. The average molecular weight is 525 g/mol. The van der Waals surface area contributed by atoms with Gasteiger partial charge in [-0.3, -0.25) is 9.78 Å². The molecule has 0 aliphatic heterocycles. The number of imidazole rings is 1. The van der Waals surface area contributed by atoms with Crippen molar-refractivity contribution in [3.63, 3.8) is 0 Å². The van der Waals surface area contributed by atoms with Crippen molar-refractivity contribution >= 4 is 17.1 Å². The molecule has 1 aromatic carbocycles. The lowest BCUT2D eigenvalue weighted by atomic mass is 9.92. The molecule has 0 aliphatic carbocycles. The first-order valence-electron chi connectivity index (χ1n) is 12.1. The van der Waals surface area contributed by atoms with Gasteiger partial charge in [-0.15, -0.1) is 0 Å². The predicted molar refractivity (Wildman–Crippen MR) is 142 cm³/mol. The maximum atomic E-state index is 16.3. The van der Waals surface area contributed by atoms with E-state index in [1.54, 1.807) is 42.9 Å². The van der Waals surface area contributed by atoms with E-state index in [4.69, 9.17) is 0 Å². The second-order valence-electron chi connectivity index (χ2n) is 9.30. The predicted octanol–water partition coefficient (Wildman–Crippen LogP) is 3.66. The molecule has 0 saturated heterocycles. The lowest BCUT2D eigenvalue weighted by molar-refractivity contribution is -0.0253. The third-order valence-corrected chi connectivity index (χ3v) is 6.42. The maximum absolute atomic E-state index is 16.3. The minimum absolute atomic E-state index is 0.147. The molecule has 5 aromatic rings. The van der Waals surface area contributed by atoms with Gasteiger partial charge in [-0.05, 0) is 55.0 Å². The zero-order valence-electron chi connectivity index (χ0n) is 20.9. The number of benzene rings is 1. The molecule has 0 aliphatic rings. The summed E-state index contributed by atoms with van der Waals surface area (Å²) in [7, 11) is 0. The fourth-order valence-electron chi connectivity index (χ4n) is 4.25. The van der Waals surface area contributed by atoms with Crippen molar-refractivity contribution in [3.8, 4) is 17.3 Å². The average Bonchev–Trinajstić information content (AvgIpc) is 3.65. The molecule has 0 bridgehead atoms. The molecule has 0 radical (unpaired) electrons. The number of amides is 1. The number of halogens is 1. The number of hydrogen-bond donors (Lipinski definition) is 4. The van der Waals surface area contributed by atoms with Crippen molar-refractivity contribution in [2.24, 2.45) is 0 Å². The Hall–Kier alpha value is -5.08. The lowest BCUT2D eigenvalue weighted by Crippen LogP contribution is -2.50. The number of nitrogens with one attached hydrogen (secondary N) is 3. The Labute approximate surface area is 223 Å². The summed E-state index contributed by atoms with van der Waals surface area (Å²) in [6.45, 7) is 1.22. The molecule has 196 valence electrons. The lowest BCUT2D eigenvalue weighted by Gasteiger charge is -2.33. The quantitative estimate of drug-likeness (QED) is 0.230. The fraction of sp³-hybridized carbons (Fsp3) is 0.179. The van der Waals surface area contributed by atoms with Crippen LogP contribution in [-0.4, -0.2) is 53.9 Å². The highest BCUT2D eigenvalue weighted by Crippen LogP contribution is 2.30. The van der Waals surface area contributed by atoms with Gasteiger partial charge in [0.1, 0.15) is 17.7 Å². The number of nitriles is 1. The standard InChI is InChI=1S/C28H25FN8O2/c1-28(39,16-33-21-6-4-19(5-7-21)23-15-32-17-34-23)26(29)25(36-27(38)20-3-2-10-31-14-20)24-9-8-22-11-18(12-30)13-35-37(22)24/h2-11,13-15,17,25-26,33,39H,16H2,1H3,(H,32,34)(H,36,38)/t25-,26-,28-/m1/s1. The highest BCUT2D eigenvalue weighted by molar-refractivity contribution is 5.94. The highest BCUT2D eigenvalue weighted by Gasteiger charge is 2.41. The monoisotopic (exact) mass is 524 g/mol. The summed E-state index contributed by atoms with van der Waals surface area (Å²) in [5, 5.41) is 30.5. The Bertz CT molecular complexity index is 1610. The Morgan fingerprint density at radius 1 is 1.18 bits per heavy atom. The number of carbonyl (C=O) groups excluding carboxylic acids is 1. The number of rotatable bonds is 9. The van der Waals surface area contributed by atoms with Gasteiger partial charge in [-0.1, -0.05) is 12.1 Å². The number of aliphatic hydroxyl groups is 1. The van der Waals surface area contributed by atoms with E-state index in [9.17, 15) is 15.2 Å². The van der Waals surface area contributed by atoms with E-state index >= 15 is 4.39 Å². The van der Waals surface area contributed by atoms with Crippen molar-refractivity contribution in [2.75, 3.05) is 11.9 Å². The largest absolute Gasteiger partial charge is 0.385 e. The summed E-state index contributed by atoms with van der Waals surface area (Å²) < 4.78 is 17.7. The second-order valence-corrected chi connectivity index (χ2v) is 9.30. The minimum Gasteiger partial charge on any atom is -0.385 e. The van der Waals surface area contributed by atoms with Crippen LogP contribution in [0.15, 0.2) is 85.7 Å². The molecular formula is C28H25FN8O2. The molecule has 11 heteroatoms. The van der Waals surface area contributed by atoms with Gasteiger partial charge in [0.15, 0.2) is 6.17 Å². The van der Waals surface area contributed by atoms with Gasteiger partial charge in [-0.2, -0.15) is 10.4 Å². The van der Waals surface area contributed by atoms with Gasteiger partial charge < -0.3 is 20.7 Å². The molecule has 0 unspecified atom stereocenters. The molecule has 0 spiro atoms. The van der Waals surface area contributed by atoms with Crippen molar-refractivity contribution < 1.29 is 14.3 Å². The number of aromatic amines is 1. The van der Waals surface area contributed by atoms with Gasteiger partial charge in [0.2, 0.25) is 0 Å². The van der Waals surface area contributed by atoms with Crippen molar-refractivity contribution in [1.29, 1.82) is 5.26 Å². The fourth-order valence-corrected chi connectivity index (χ4v) is 4.25. The molecule has 4 aromatic heterocycles. The number of fused-ring (bicyclic) bond motifs is 1. The minimum atomic E-state index is -1.95. The Morgan fingerprint density at radius 3 is 2.69 bits per heavy atom. The molecule has 0 saturated carbocycles. The van der Waals surface area contributed by atoms with E-state index in [-0.39, 0.29) is 12.1 Å². The zero-order valence-corrected chi connectivity index (χ0v) is 20.9. The van der Waals surface area contributed by atoms with E-state index in [1.807, 2.05) is 30.3 Å². The first-order valence-corrected chi connectivity index (χ1v) is 12.1. The van der Waals surface area contributed by atoms with Gasteiger partial charge in [-0.25, -0.2) is 13.9 Å². The second kappa shape index (κ2) is 10.7. The topological polar surface area (TPSA) is 144 Å². The van der Waals surface area contributed by atoms with Gasteiger partial charge in [0, 0.05) is 24.6 Å². The summed E-state index contributed by atoms with van der Waals surface area (Å²) in [5.41, 5.74) is 2.00.